The molecule has 0 spiro atoms. The molecule has 0 N–H and O–H groups in total. The third-order valence-corrected chi connectivity index (χ3v) is 16.3. The SMILES string of the molecule is C=CC(=O)OCCOc1c2cc(CCCCCC)cc1Cc1cc(CCCCCC)cc(c1OCCOC(=O)CC(=O)OCC)Cc1cc(CCCCCC)cc(c1OCCOC(=O)CC(=O)OCC)Cc1cc(CCCCCC)cc(c1OCCOC(=O)CC(=O)OCC)C2. The van der Waals surface area contributed by atoms with Crippen molar-refractivity contribution in [3.63, 3.8) is 0 Å². The van der Waals surface area contributed by atoms with Crippen molar-refractivity contribution < 1.29 is 85.7 Å². The number of benzene rings is 4. The Labute approximate surface area is 570 Å². The zero-order chi connectivity index (χ0) is 69.3. The first-order valence-corrected chi connectivity index (χ1v) is 35.5. The second-order valence-electron chi connectivity index (χ2n) is 24.3. The molecular formula is C78H108O18. The van der Waals surface area contributed by atoms with Crippen LogP contribution in [0.2, 0.25) is 0 Å². The number of carbonyl (C=O) groups is 7. The second kappa shape index (κ2) is 45.5. The molecule has 4 aromatic carbocycles. The maximum absolute atomic E-state index is 13.0. The minimum Gasteiger partial charge on any atom is -0.489 e. The number of rotatable bonds is 46. The first-order valence-electron chi connectivity index (χ1n) is 35.5. The summed E-state index contributed by atoms with van der Waals surface area (Å²) in [7, 11) is 0. The van der Waals surface area contributed by atoms with Crippen LogP contribution in [0.25, 0.3) is 0 Å². The first-order chi connectivity index (χ1) is 46.6. The number of ether oxygens (including phenoxy) is 11. The molecule has 0 radical (unpaired) electrons. The number of hydrogen-bond donors (Lipinski definition) is 0. The van der Waals surface area contributed by atoms with E-state index in [0.29, 0.717) is 48.7 Å². The second-order valence-corrected chi connectivity index (χ2v) is 24.3. The third-order valence-electron chi connectivity index (χ3n) is 16.3. The molecule has 0 heterocycles. The van der Waals surface area contributed by atoms with Crippen molar-refractivity contribution in [3.8, 4) is 23.0 Å². The van der Waals surface area contributed by atoms with Crippen LogP contribution in [0.5, 0.6) is 23.0 Å². The van der Waals surface area contributed by atoms with Gasteiger partial charge in [-0.15, -0.1) is 0 Å². The minimum absolute atomic E-state index is 0.0186. The van der Waals surface area contributed by atoms with Crippen LogP contribution in [0.3, 0.4) is 0 Å². The molecular weight excluding hydrogens is 1220 g/mol. The van der Waals surface area contributed by atoms with E-state index in [1.807, 2.05) is 0 Å². The fourth-order valence-corrected chi connectivity index (χ4v) is 11.9. The Hall–Kier alpha value is -7.89. The molecule has 0 aliphatic heterocycles. The molecule has 8 bridgehead atoms. The Morgan fingerprint density at radius 2 is 0.521 bits per heavy atom. The Kier molecular flexibility index (Phi) is 37.4. The van der Waals surface area contributed by atoms with E-state index in [1.165, 1.54) is 0 Å². The van der Waals surface area contributed by atoms with Gasteiger partial charge in [-0.25, -0.2) is 4.79 Å². The van der Waals surface area contributed by atoms with Crippen molar-refractivity contribution in [2.75, 3.05) is 72.7 Å². The van der Waals surface area contributed by atoms with Gasteiger partial charge in [-0.3, -0.25) is 28.8 Å². The van der Waals surface area contributed by atoms with Gasteiger partial charge in [-0.05, 0) is 139 Å². The van der Waals surface area contributed by atoms with Crippen LogP contribution in [-0.4, -0.2) is 114 Å². The van der Waals surface area contributed by atoms with Gasteiger partial charge >= 0.3 is 41.8 Å². The Balaban J connectivity index is 1.91. The Bertz CT molecular complexity index is 2950. The number of fused-ring (bicyclic) bond motifs is 8. The van der Waals surface area contributed by atoms with Crippen LogP contribution in [0.1, 0.15) is 237 Å². The highest BCUT2D eigenvalue weighted by molar-refractivity contribution is 5.92. The highest BCUT2D eigenvalue weighted by atomic mass is 16.6. The lowest BCUT2D eigenvalue weighted by atomic mass is 9.87. The van der Waals surface area contributed by atoms with E-state index in [1.54, 1.807) is 20.8 Å². The molecule has 5 rings (SSSR count). The van der Waals surface area contributed by atoms with Gasteiger partial charge in [0.1, 0.15) is 95.1 Å². The van der Waals surface area contributed by atoms with Crippen molar-refractivity contribution in [1.82, 2.24) is 0 Å². The number of unbranched alkanes of at least 4 members (excludes halogenated alkanes) is 12. The van der Waals surface area contributed by atoms with Crippen molar-refractivity contribution >= 4 is 41.8 Å². The molecule has 1 aliphatic rings. The van der Waals surface area contributed by atoms with Crippen LogP contribution in [-0.2, 0) is 118 Å². The van der Waals surface area contributed by atoms with Crippen LogP contribution in [0.4, 0.5) is 0 Å². The lowest BCUT2D eigenvalue weighted by molar-refractivity contribution is -0.156. The number of aryl methyl sites for hydroxylation is 4. The van der Waals surface area contributed by atoms with E-state index in [0.717, 1.165) is 201 Å². The molecule has 0 saturated carbocycles. The molecule has 0 aromatic heterocycles. The number of esters is 7. The summed E-state index contributed by atoms with van der Waals surface area (Å²) in [6.45, 7) is 17.0. The summed E-state index contributed by atoms with van der Waals surface area (Å²) in [5, 5.41) is 0. The first kappa shape index (κ1) is 78.8. The predicted molar refractivity (Wildman–Crippen MR) is 368 cm³/mol. The van der Waals surface area contributed by atoms with E-state index >= 15 is 0 Å². The van der Waals surface area contributed by atoms with Crippen LogP contribution in [0, 0.1) is 0 Å². The van der Waals surface area contributed by atoms with E-state index in [9.17, 15) is 33.6 Å². The average Bonchev–Trinajstić information content (AvgIpc) is 0.779. The molecule has 0 amide bonds. The molecule has 0 unspecified atom stereocenters. The molecule has 96 heavy (non-hydrogen) atoms. The van der Waals surface area contributed by atoms with Gasteiger partial charge < -0.3 is 52.1 Å². The van der Waals surface area contributed by atoms with Crippen molar-refractivity contribution in [2.24, 2.45) is 0 Å². The van der Waals surface area contributed by atoms with Crippen LogP contribution < -0.4 is 18.9 Å². The zero-order valence-electron chi connectivity index (χ0n) is 58.6. The van der Waals surface area contributed by atoms with E-state index in [2.05, 4.69) is 82.8 Å². The Morgan fingerprint density at radius 3 is 0.729 bits per heavy atom. The summed E-state index contributed by atoms with van der Waals surface area (Å²) in [5.74, 6) is -2.53. The van der Waals surface area contributed by atoms with Gasteiger partial charge in [-0.1, -0.05) is 160 Å². The van der Waals surface area contributed by atoms with E-state index < -0.39 is 61.0 Å². The van der Waals surface area contributed by atoms with Gasteiger partial charge in [0.15, 0.2) is 0 Å². The fourth-order valence-electron chi connectivity index (χ4n) is 11.9. The monoisotopic (exact) mass is 1330 g/mol. The summed E-state index contributed by atoms with van der Waals surface area (Å²) >= 11 is 0. The van der Waals surface area contributed by atoms with Crippen molar-refractivity contribution in [1.29, 1.82) is 0 Å². The van der Waals surface area contributed by atoms with Gasteiger partial charge in [0.05, 0.1) is 19.8 Å². The number of carbonyl (C=O) groups excluding carboxylic acids is 7. The van der Waals surface area contributed by atoms with Gasteiger partial charge in [0.2, 0.25) is 0 Å². The van der Waals surface area contributed by atoms with Gasteiger partial charge in [0, 0.05) is 31.8 Å². The number of hydrogen-bond acceptors (Lipinski definition) is 18. The van der Waals surface area contributed by atoms with Crippen molar-refractivity contribution in [2.45, 2.75) is 222 Å². The van der Waals surface area contributed by atoms with Gasteiger partial charge in [0.25, 0.3) is 0 Å². The topological polar surface area (TPSA) is 221 Å². The standard InChI is InChI=1S/C78H108O18/c1-9-17-21-25-29-56-41-60-49-62-43-57(30-26-22-18-10-2)45-64(76(62)94-38-34-90-72(83)53-69(80)86-14-6)51-66-47-59(32-28-24-20-12-4)48-67(78(66)96-40-36-92-74(85)55-71(82)88-16-8)52-65-46-58(31-27-23-19-11-3)44-63(50-61(42-56)75(60)93-37-33-89-68(79)13-5)77(65)95-39-35-91-73(84)54-70(81)87-15-7/h13,41-48H,5,9-12,14-40,49-55H2,1-4,6-8H3. The molecule has 0 saturated heterocycles. The highest BCUT2D eigenvalue weighted by Crippen LogP contribution is 2.42. The predicted octanol–water partition coefficient (Wildman–Crippen LogP) is 14.6. The van der Waals surface area contributed by atoms with Crippen LogP contribution in [0.15, 0.2) is 61.2 Å². The lowest BCUT2D eigenvalue weighted by Crippen LogP contribution is -2.18. The maximum atomic E-state index is 13.0. The summed E-state index contributed by atoms with van der Waals surface area (Å²) in [5.41, 5.74) is 11.2. The quantitative estimate of drug-likeness (QED) is 0.0116. The molecule has 1 aliphatic carbocycles. The summed E-state index contributed by atoms with van der Waals surface area (Å²) < 4.78 is 65.4. The molecule has 4 aromatic rings. The normalized spacial score (nSPS) is 11.6. The third kappa shape index (κ3) is 28.8. The zero-order valence-corrected chi connectivity index (χ0v) is 58.6. The molecule has 18 heteroatoms. The van der Waals surface area contributed by atoms with E-state index in [4.69, 9.17) is 52.1 Å². The van der Waals surface area contributed by atoms with E-state index in [-0.39, 0.29) is 72.7 Å². The highest BCUT2D eigenvalue weighted by Gasteiger charge is 2.26. The summed E-state index contributed by atoms with van der Waals surface area (Å²) in [4.78, 5) is 88.7. The van der Waals surface area contributed by atoms with Crippen LogP contribution >= 0.6 is 0 Å². The largest absolute Gasteiger partial charge is 0.489 e. The fraction of sp³-hybridized carbons (Fsp3) is 0.577. The molecule has 528 valence electrons. The summed E-state index contributed by atoms with van der Waals surface area (Å²) in [6.07, 6.45) is 20.3. The average molecular weight is 1330 g/mol. The minimum atomic E-state index is -0.743. The molecule has 18 nitrogen and oxygen atoms in total. The molecule has 0 atom stereocenters. The lowest BCUT2D eigenvalue weighted by Gasteiger charge is -2.25. The van der Waals surface area contributed by atoms with Crippen molar-refractivity contribution in [3.05, 3.63) is 128 Å². The Morgan fingerprint density at radius 1 is 0.302 bits per heavy atom. The smallest absolute Gasteiger partial charge is 0.330 e. The summed E-state index contributed by atoms with van der Waals surface area (Å²) in [6, 6.07) is 17.7. The molecule has 0 fully saturated rings. The maximum Gasteiger partial charge on any atom is 0.330 e. The van der Waals surface area contributed by atoms with Gasteiger partial charge in [-0.2, -0.15) is 0 Å².